The number of nitrogens with one attached hydrogen (secondary N) is 1. The maximum atomic E-state index is 8.71. The lowest BCUT2D eigenvalue weighted by Crippen LogP contribution is -2.10. The summed E-state index contributed by atoms with van der Waals surface area (Å²) in [7, 11) is 0. The monoisotopic (exact) mass is 278 g/mol. The zero-order chi connectivity index (χ0) is 14.9. The smallest absolute Gasteiger partial charge is 0.0669 e. The van der Waals surface area contributed by atoms with Crippen LogP contribution in [0.2, 0.25) is 0 Å². The second-order valence-electron chi connectivity index (χ2n) is 5.28. The Morgan fingerprint density at radius 2 is 1.76 bits per heavy atom. The van der Waals surface area contributed by atoms with Gasteiger partial charge in [0, 0.05) is 5.69 Å². The minimum atomic E-state index is 0.341. The van der Waals surface area contributed by atoms with E-state index in [4.69, 9.17) is 5.26 Å². The molecule has 2 aromatic rings. The Morgan fingerprint density at radius 3 is 2.38 bits per heavy atom. The van der Waals surface area contributed by atoms with Gasteiger partial charge in [0.1, 0.15) is 0 Å². The second kappa shape index (κ2) is 8.11. The molecule has 0 spiro atoms. The Bertz CT molecular complexity index is 567. The van der Waals surface area contributed by atoms with Crippen molar-refractivity contribution < 1.29 is 0 Å². The number of unbranched alkanes of at least 4 members (excludes halogenated alkanes) is 1. The maximum absolute atomic E-state index is 8.71. The van der Waals surface area contributed by atoms with Crippen LogP contribution in [0.1, 0.15) is 43.4 Å². The predicted octanol–water partition coefficient (Wildman–Crippen LogP) is 5.10. The van der Waals surface area contributed by atoms with Crippen molar-refractivity contribution >= 4 is 5.69 Å². The van der Waals surface area contributed by atoms with Crippen LogP contribution in [0.15, 0.2) is 54.6 Å². The first-order valence-electron chi connectivity index (χ1n) is 7.61. The maximum Gasteiger partial charge on any atom is 0.0669 e. The van der Waals surface area contributed by atoms with Gasteiger partial charge in [0.05, 0.1) is 18.5 Å². The van der Waals surface area contributed by atoms with E-state index in [1.165, 1.54) is 18.4 Å². The molecule has 1 N–H and O–H groups in total. The SMILES string of the molecule is CCCCC(Nc1ccc(CC#N)cc1)c1ccccc1. The van der Waals surface area contributed by atoms with Gasteiger partial charge in [-0.25, -0.2) is 0 Å². The van der Waals surface area contributed by atoms with Crippen molar-refractivity contribution in [3.63, 3.8) is 0 Å². The number of hydrogen-bond donors (Lipinski definition) is 1. The standard InChI is InChI=1S/C19H22N2/c1-2-3-9-19(17-7-5-4-6-8-17)21-18-12-10-16(11-13-18)14-15-20/h4-8,10-13,19,21H,2-3,9,14H2,1H3. The second-order valence-corrected chi connectivity index (χ2v) is 5.28. The molecule has 0 aliphatic rings. The summed E-state index contributed by atoms with van der Waals surface area (Å²) in [4.78, 5) is 0. The van der Waals surface area contributed by atoms with Crippen LogP contribution in [0.3, 0.4) is 0 Å². The van der Waals surface area contributed by atoms with E-state index in [0.29, 0.717) is 12.5 Å². The van der Waals surface area contributed by atoms with E-state index >= 15 is 0 Å². The summed E-state index contributed by atoms with van der Waals surface area (Å²) in [6.07, 6.45) is 4.00. The molecule has 0 radical (unpaired) electrons. The molecule has 108 valence electrons. The summed E-state index contributed by atoms with van der Waals surface area (Å²) in [5, 5.41) is 12.3. The lowest BCUT2D eigenvalue weighted by molar-refractivity contribution is 0.634. The Hall–Kier alpha value is -2.27. The van der Waals surface area contributed by atoms with E-state index < -0.39 is 0 Å². The van der Waals surface area contributed by atoms with E-state index in [-0.39, 0.29) is 0 Å². The fourth-order valence-electron chi connectivity index (χ4n) is 2.43. The summed E-state index contributed by atoms with van der Waals surface area (Å²) in [5.74, 6) is 0. The number of rotatable bonds is 7. The van der Waals surface area contributed by atoms with Crippen molar-refractivity contribution in [3.05, 3.63) is 65.7 Å². The lowest BCUT2D eigenvalue weighted by atomic mass is 10.0. The van der Waals surface area contributed by atoms with Crippen molar-refractivity contribution in [2.24, 2.45) is 0 Å². The van der Waals surface area contributed by atoms with Gasteiger partial charge in [0.2, 0.25) is 0 Å². The van der Waals surface area contributed by atoms with Gasteiger partial charge < -0.3 is 5.32 Å². The number of nitrogens with zero attached hydrogens (tertiary/aromatic N) is 1. The van der Waals surface area contributed by atoms with Crippen molar-refractivity contribution in [3.8, 4) is 6.07 Å². The average molecular weight is 278 g/mol. The Labute approximate surface area is 127 Å². The Kier molecular flexibility index (Phi) is 5.84. The number of nitriles is 1. The first-order chi connectivity index (χ1) is 10.3. The van der Waals surface area contributed by atoms with Crippen molar-refractivity contribution in [1.82, 2.24) is 0 Å². The van der Waals surface area contributed by atoms with Crippen LogP contribution in [0.5, 0.6) is 0 Å². The summed E-state index contributed by atoms with van der Waals surface area (Å²) >= 11 is 0. The number of benzene rings is 2. The van der Waals surface area contributed by atoms with E-state index in [0.717, 1.165) is 17.7 Å². The molecule has 1 unspecified atom stereocenters. The van der Waals surface area contributed by atoms with Crippen LogP contribution >= 0.6 is 0 Å². The van der Waals surface area contributed by atoms with E-state index in [1.54, 1.807) is 0 Å². The van der Waals surface area contributed by atoms with Gasteiger partial charge in [-0.2, -0.15) is 5.26 Å². The van der Waals surface area contributed by atoms with Gasteiger partial charge in [-0.1, -0.05) is 62.2 Å². The third kappa shape index (κ3) is 4.65. The molecular formula is C19H22N2. The normalized spacial score (nSPS) is 11.6. The zero-order valence-corrected chi connectivity index (χ0v) is 12.5. The topological polar surface area (TPSA) is 35.8 Å². The molecule has 0 aliphatic carbocycles. The predicted molar refractivity (Wildman–Crippen MR) is 88.1 cm³/mol. The van der Waals surface area contributed by atoms with Crippen LogP contribution in [-0.4, -0.2) is 0 Å². The van der Waals surface area contributed by atoms with Gasteiger partial charge in [-0.15, -0.1) is 0 Å². The van der Waals surface area contributed by atoms with Crippen molar-refractivity contribution in [2.45, 2.75) is 38.6 Å². The third-order valence-electron chi connectivity index (χ3n) is 3.63. The molecule has 0 saturated heterocycles. The highest BCUT2D eigenvalue weighted by Crippen LogP contribution is 2.24. The highest BCUT2D eigenvalue weighted by atomic mass is 14.9. The van der Waals surface area contributed by atoms with Crippen LogP contribution in [0.4, 0.5) is 5.69 Å². The zero-order valence-electron chi connectivity index (χ0n) is 12.5. The minimum absolute atomic E-state index is 0.341. The number of anilines is 1. The summed E-state index contributed by atoms with van der Waals surface area (Å²) in [6.45, 7) is 2.22. The Balaban J connectivity index is 2.09. The molecular weight excluding hydrogens is 256 g/mol. The van der Waals surface area contributed by atoms with Gasteiger partial charge in [-0.05, 0) is 29.7 Å². The lowest BCUT2D eigenvalue weighted by Gasteiger charge is -2.20. The minimum Gasteiger partial charge on any atom is -0.378 e. The van der Waals surface area contributed by atoms with Gasteiger partial charge >= 0.3 is 0 Å². The molecule has 1 atom stereocenters. The fraction of sp³-hybridized carbons (Fsp3) is 0.316. The highest BCUT2D eigenvalue weighted by Gasteiger charge is 2.10. The first kappa shape index (κ1) is 15.1. The average Bonchev–Trinajstić information content (AvgIpc) is 2.54. The third-order valence-corrected chi connectivity index (χ3v) is 3.63. The summed E-state index contributed by atoms with van der Waals surface area (Å²) in [5.41, 5.74) is 3.50. The van der Waals surface area contributed by atoms with E-state index in [2.05, 4.69) is 60.8 Å². The largest absolute Gasteiger partial charge is 0.378 e. The molecule has 2 nitrogen and oxygen atoms in total. The molecule has 2 aromatic carbocycles. The quantitative estimate of drug-likeness (QED) is 0.765. The molecule has 21 heavy (non-hydrogen) atoms. The molecule has 0 heterocycles. The van der Waals surface area contributed by atoms with Gasteiger partial charge in [0.15, 0.2) is 0 Å². The molecule has 0 saturated carbocycles. The molecule has 2 heteroatoms. The van der Waals surface area contributed by atoms with Crippen LogP contribution in [0.25, 0.3) is 0 Å². The van der Waals surface area contributed by atoms with E-state index in [9.17, 15) is 0 Å². The van der Waals surface area contributed by atoms with Gasteiger partial charge in [0.25, 0.3) is 0 Å². The van der Waals surface area contributed by atoms with Crippen LogP contribution in [0, 0.1) is 11.3 Å². The first-order valence-corrected chi connectivity index (χ1v) is 7.61. The molecule has 0 aliphatic heterocycles. The highest BCUT2D eigenvalue weighted by molar-refractivity contribution is 5.47. The van der Waals surface area contributed by atoms with Crippen LogP contribution in [-0.2, 0) is 6.42 Å². The molecule has 0 aromatic heterocycles. The van der Waals surface area contributed by atoms with Crippen molar-refractivity contribution in [2.75, 3.05) is 5.32 Å². The molecule has 0 bridgehead atoms. The van der Waals surface area contributed by atoms with E-state index in [1.807, 2.05) is 12.1 Å². The molecule has 0 amide bonds. The van der Waals surface area contributed by atoms with Crippen LogP contribution < -0.4 is 5.32 Å². The van der Waals surface area contributed by atoms with Crippen molar-refractivity contribution in [1.29, 1.82) is 5.26 Å². The molecule has 0 fully saturated rings. The van der Waals surface area contributed by atoms with Gasteiger partial charge in [-0.3, -0.25) is 0 Å². The number of hydrogen-bond acceptors (Lipinski definition) is 2. The molecule has 2 rings (SSSR count). The Morgan fingerprint density at radius 1 is 1.05 bits per heavy atom. The summed E-state index contributed by atoms with van der Waals surface area (Å²) in [6, 6.07) is 21.3. The fourth-order valence-corrected chi connectivity index (χ4v) is 2.43. The summed E-state index contributed by atoms with van der Waals surface area (Å²) < 4.78 is 0.